The van der Waals surface area contributed by atoms with Gasteiger partial charge in [0.05, 0.1) is 12.3 Å². The average molecular weight is 367 g/mol. The number of thiazole rings is 1. The van der Waals surface area contributed by atoms with Crippen LogP contribution >= 0.6 is 11.3 Å². The van der Waals surface area contributed by atoms with Crippen LogP contribution in [0.1, 0.15) is 41.6 Å². The maximum absolute atomic E-state index is 12.3. The van der Waals surface area contributed by atoms with E-state index in [0.717, 1.165) is 11.3 Å². The molecule has 0 N–H and O–H groups in total. The van der Waals surface area contributed by atoms with Crippen LogP contribution in [0.15, 0.2) is 42.0 Å². The molecule has 0 unspecified atom stereocenters. The van der Waals surface area contributed by atoms with E-state index in [-0.39, 0.29) is 12.2 Å². The first-order valence-electron chi connectivity index (χ1n) is 7.85. The molecule has 134 valence electrons. The van der Waals surface area contributed by atoms with Crippen LogP contribution in [-0.4, -0.2) is 17.6 Å². The fraction of sp³-hybridized carbons (Fsp3) is 0.333. The Bertz CT molecular complexity index is 740. The zero-order valence-corrected chi connectivity index (χ0v) is 14.9. The number of aryl methyl sites for hydroxylation is 1. The molecular formula is C18H19F2NO3S. The van der Waals surface area contributed by atoms with E-state index in [1.54, 1.807) is 19.1 Å². The molecule has 0 fully saturated rings. The Morgan fingerprint density at radius 3 is 2.60 bits per heavy atom. The van der Waals surface area contributed by atoms with E-state index in [0.29, 0.717) is 40.8 Å². The number of hydrogen-bond donors (Lipinski definition) is 0. The molecule has 4 nitrogen and oxygen atoms in total. The summed E-state index contributed by atoms with van der Waals surface area (Å²) in [6.07, 6.45) is -0.264. The monoisotopic (exact) mass is 367 g/mol. The third-order valence-electron chi connectivity index (χ3n) is 3.41. The number of unbranched alkanes of at least 4 members (excludes halogenated alkanes) is 1. The number of allylic oxidation sites excluding steroid dienone is 1. The number of aromatic nitrogens is 1. The highest BCUT2D eigenvalue weighted by atomic mass is 32.1. The lowest BCUT2D eigenvalue weighted by Crippen LogP contribution is -2.06. The first kappa shape index (κ1) is 19.1. The SMILES string of the molecule is CC(CCCCOC(=O)c1sc(Oc2ccccc2)nc1C)=C(F)F. The van der Waals surface area contributed by atoms with Crippen LogP contribution in [0.25, 0.3) is 0 Å². The molecule has 0 aliphatic carbocycles. The molecule has 0 atom stereocenters. The lowest BCUT2D eigenvalue weighted by Gasteiger charge is -2.04. The van der Waals surface area contributed by atoms with Gasteiger partial charge in [0.25, 0.3) is 11.3 Å². The first-order valence-corrected chi connectivity index (χ1v) is 8.67. The van der Waals surface area contributed by atoms with Crippen molar-refractivity contribution in [1.29, 1.82) is 0 Å². The highest BCUT2D eigenvalue weighted by molar-refractivity contribution is 7.15. The quantitative estimate of drug-likeness (QED) is 0.441. The Hall–Kier alpha value is -2.28. The van der Waals surface area contributed by atoms with Crippen molar-refractivity contribution >= 4 is 17.3 Å². The molecule has 0 aliphatic rings. The fourth-order valence-electron chi connectivity index (χ4n) is 2.01. The molecule has 0 amide bonds. The van der Waals surface area contributed by atoms with E-state index >= 15 is 0 Å². The van der Waals surface area contributed by atoms with Gasteiger partial charge in [-0.05, 0) is 50.8 Å². The second-order valence-corrected chi connectivity index (χ2v) is 6.40. The first-order chi connectivity index (χ1) is 12.0. The zero-order chi connectivity index (χ0) is 18.2. The maximum atomic E-state index is 12.3. The van der Waals surface area contributed by atoms with E-state index in [9.17, 15) is 13.6 Å². The molecule has 7 heteroatoms. The van der Waals surface area contributed by atoms with Crippen molar-refractivity contribution in [2.45, 2.75) is 33.1 Å². The molecule has 2 aromatic rings. The number of nitrogens with zero attached hydrogens (tertiary/aromatic N) is 1. The number of carbonyl (C=O) groups excluding carboxylic acids is 1. The number of ether oxygens (including phenoxy) is 2. The van der Waals surface area contributed by atoms with Crippen LogP contribution in [0.4, 0.5) is 8.78 Å². The number of hydrogen-bond acceptors (Lipinski definition) is 5. The molecule has 25 heavy (non-hydrogen) atoms. The van der Waals surface area contributed by atoms with Crippen molar-refractivity contribution in [2.24, 2.45) is 0 Å². The molecule has 0 saturated carbocycles. The third kappa shape index (κ3) is 5.94. The van der Waals surface area contributed by atoms with Gasteiger partial charge in [0.15, 0.2) is 0 Å². The number of halogens is 2. The summed E-state index contributed by atoms with van der Waals surface area (Å²) < 4.78 is 35.3. The lowest BCUT2D eigenvalue weighted by molar-refractivity contribution is 0.0503. The van der Waals surface area contributed by atoms with E-state index in [1.165, 1.54) is 6.92 Å². The maximum Gasteiger partial charge on any atom is 0.350 e. The highest BCUT2D eigenvalue weighted by Gasteiger charge is 2.17. The van der Waals surface area contributed by atoms with Crippen LogP contribution in [-0.2, 0) is 4.74 Å². The number of para-hydroxylation sites is 1. The predicted octanol–water partition coefficient (Wildman–Crippen LogP) is 5.74. The number of carbonyl (C=O) groups is 1. The van der Waals surface area contributed by atoms with Gasteiger partial charge in [-0.25, -0.2) is 9.78 Å². The normalized spacial score (nSPS) is 10.4. The molecule has 1 aromatic heterocycles. The summed E-state index contributed by atoms with van der Waals surface area (Å²) in [5.74, 6) is 0.168. The summed E-state index contributed by atoms with van der Waals surface area (Å²) in [6.45, 7) is 3.30. The Balaban J connectivity index is 1.83. The Morgan fingerprint density at radius 1 is 1.20 bits per heavy atom. The van der Waals surface area contributed by atoms with Crippen molar-refractivity contribution in [3.05, 3.63) is 52.6 Å². The van der Waals surface area contributed by atoms with Crippen molar-refractivity contribution in [3.8, 4) is 10.9 Å². The second kappa shape index (κ2) is 9.27. The fourth-order valence-corrected chi connectivity index (χ4v) is 2.84. The van der Waals surface area contributed by atoms with Gasteiger partial charge >= 0.3 is 5.97 Å². The van der Waals surface area contributed by atoms with Gasteiger partial charge in [-0.2, -0.15) is 8.78 Å². The Kier molecular flexibility index (Phi) is 7.06. The van der Waals surface area contributed by atoms with Gasteiger partial charge in [-0.3, -0.25) is 0 Å². The van der Waals surface area contributed by atoms with Crippen molar-refractivity contribution in [3.63, 3.8) is 0 Å². The topological polar surface area (TPSA) is 48.4 Å². The summed E-state index contributed by atoms with van der Waals surface area (Å²) in [5.41, 5.74) is 0.617. The standard InChI is InChI=1S/C18H19F2NO3S/c1-12(16(19)20)8-6-7-11-23-17(22)15-13(2)21-18(25-15)24-14-9-4-3-5-10-14/h3-5,9-10H,6-8,11H2,1-2H3. The highest BCUT2D eigenvalue weighted by Crippen LogP contribution is 2.29. The van der Waals surface area contributed by atoms with Gasteiger partial charge < -0.3 is 9.47 Å². The molecule has 0 bridgehead atoms. The van der Waals surface area contributed by atoms with Crippen LogP contribution in [0.2, 0.25) is 0 Å². The summed E-state index contributed by atoms with van der Waals surface area (Å²) in [7, 11) is 0. The van der Waals surface area contributed by atoms with Gasteiger partial charge in [-0.1, -0.05) is 29.5 Å². The number of esters is 1. The van der Waals surface area contributed by atoms with Gasteiger partial charge in [0, 0.05) is 0 Å². The summed E-state index contributed by atoms with van der Waals surface area (Å²) >= 11 is 1.12. The third-order valence-corrected chi connectivity index (χ3v) is 4.43. The minimum atomic E-state index is -1.64. The van der Waals surface area contributed by atoms with E-state index in [4.69, 9.17) is 9.47 Å². The van der Waals surface area contributed by atoms with Crippen LogP contribution in [0.3, 0.4) is 0 Å². The van der Waals surface area contributed by atoms with E-state index < -0.39 is 12.0 Å². The molecule has 0 spiro atoms. The van der Waals surface area contributed by atoms with Crippen LogP contribution < -0.4 is 4.74 Å². The summed E-state index contributed by atoms with van der Waals surface area (Å²) in [4.78, 5) is 16.7. The molecule has 1 heterocycles. The van der Waals surface area contributed by atoms with Gasteiger partial charge in [0.2, 0.25) is 0 Å². The number of benzene rings is 1. The van der Waals surface area contributed by atoms with E-state index in [1.807, 2.05) is 18.2 Å². The van der Waals surface area contributed by atoms with Gasteiger partial charge in [0.1, 0.15) is 10.6 Å². The molecular weight excluding hydrogens is 348 g/mol. The number of rotatable bonds is 8. The molecule has 0 aliphatic heterocycles. The van der Waals surface area contributed by atoms with E-state index in [2.05, 4.69) is 4.98 Å². The molecule has 1 aromatic carbocycles. The largest absolute Gasteiger partial charge is 0.461 e. The molecule has 0 radical (unpaired) electrons. The van der Waals surface area contributed by atoms with Crippen molar-refractivity contribution in [2.75, 3.05) is 6.61 Å². The molecule has 0 saturated heterocycles. The Morgan fingerprint density at radius 2 is 1.92 bits per heavy atom. The van der Waals surface area contributed by atoms with Gasteiger partial charge in [-0.15, -0.1) is 0 Å². The summed E-state index contributed by atoms with van der Waals surface area (Å²) in [5, 5.41) is 0.370. The predicted molar refractivity (Wildman–Crippen MR) is 92.4 cm³/mol. The van der Waals surface area contributed by atoms with Crippen molar-refractivity contribution < 1.29 is 23.0 Å². The smallest absolute Gasteiger partial charge is 0.350 e. The van der Waals surface area contributed by atoms with Crippen LogP contribution in [0, 0.1) is 6.92 Å². The summed E-state index contributed by atoms with van der Waals surface area (Å²) in [6, 6.07) is 9.16. The Labute approximate surface area is 149 Å². The average Bonchev–Trinajstić information content (AvgIpc) is 2.95. The van der Waals surface area contributed by atoms with Crippen LogP contribution in [0.5, 0.6) is 10.9 Å². The lowest BCUT2D eigenvalue weighted by atomic mass is 10.1. The second-order valence-electron chi connectivity index (χ2n) is 5.44. The zero-order valence-electron chi connectivity index (χ0n) is 14.1. The minimum Gasteiger partial charge on any atom is -0.461 e. The minimum absolute atomic E-state index is 0.0762. The molecule has 2 rings (SSSR count). The van der Waals surface area contributed by atoms with Crippen molar-refractivity contribution in [1.82, 2.24) is 4.98 Å².